The van der Waals surface area contributed by atoms with Gasteiger partial charge in [0.1, 0.15) is 11.9 Å². The topological polar surface area (TPSA) is 61.1 Å². The quantitative estimate of drug-likeness (QED) is 0.854. The highest BCUT2D eigenvalue weighted by Gasteiger charge is 2.49. The Hall–Kier alpha value is -1.25. The highest BCUT2D eigenvalue weighted by atomic mass is 32.2. The van der Waals surface area contributed by atoms with Gasteiger partial charge in [-0.1, -0.05) is 12.1 Å². The normalized spacial score (nSPS) is 37.0. The molecule has 2 atom stereocenters. The number of fused-ring (bicyclic) bond motifs is 2. The maximum Gasteiger partial charge on any atom is 0.147 e. The summed E-state index contributed by atoms with van der Waals surface area (Å²) in [5, 5.41) is 19.5. The maximum absolute atomic E-state index is 14.2. The molecule has 100 valence electrons. The van der Waals surface area contributed by atoms with Crippen LogP contribution in [0, 0.1) is 17.1 Å². The molecular weight excluding hydrogens is 265 g/mol. The number of halogens is 1. The number of aliphatic hydroxyl groups is 1. The number of nitrogens with zero attached hydrogens (tertiary/aromatic N) is 1. The van der Waals surface area contributed by atoms with Crippen molar-refractivity contribution in [1.29, 1.82) is 5.26 Å². The SMILES string of the molecule is N#Cc1cccc(C2(O)CC3CCC(C2)S3=O)c1F. The van der Waals surface area contributed by atoms with Gasteiger partial charge in [-0.05, 0) is 31.7 Å². The van der Waals surface area contributed by atoms with Crippen LogP contribution in [0.15, 0.2) is 18.2 Å². The van der Waals surface area contributed by atoms with Crippen molar-refractivity contribution in [3.63, 3.8) is 0 Å². The van der Waals surface area contributed by atoms with Crippen LogP contribution in [0.3, 0.4) is 0 Å². The van der Waals surface area contributed by atoms with E-state index in [4.69, 9.17) is 5.26 Å². The van der Waals surface area contributed by atoms with Crippen LogP contribution in [-0.4, -0.2) is 19.8 Å². The van der Waals surface area contributed by atoms with Gasteiger partial charge in [-0.3, -0.25) is 4.21 Å². The first-order chi connectivity index (χ1) is 9.05. The average molecular weight is 279 g/mol. The minimum Gasteiger partial charge on any atom is -0.385 e. The third-order valence-electron chi connectivity index (χ3n) is 4.22. The van der Waals surface area contributed by atoms with Crippen LogP contribution in [0.5, 0.6) is 0 Å². The fourth-order valence-electron chi connectivity index (χ4n) is 3.28. The van der Waals surface area contributed by atoms with E-state index in [1.807, 2.05) is 0 Å². The second kappa shape index (κ2) is 4.39. The minimum atomic E-state index is -1.28. The molecule has 5 heteroatoms. The lowest BCUT2D eigenvalue weighted by atomic mass is 9.85. The molecule has 1 aromatic carbocycles. The van der Waals surface area contributed by atoms with Crippen molar-refractivity contribution in [3.05, 3.63) is 35.1 Å². The van der Waals surface area contributed by atoms with Gasteiger partial charge in [0, 0.05) is 26.9 Å². The zero-order valence-corrected chi connectivity index (χ0v) is 11.1. The van der Waals surface area contributed by atoms with Crippen molar-refractivity contribution in [3.8, 4) is 6.07 Å². The molecule has 2 unspecified atom stereocenters. The van der Waals surface area contributed by atoms with Gasteiger partial charge >= 0.3 is 0 Å². The molecule has 2 aliphatic rings. The number of rotatable bonds is 1. The van der Waals surface area contributed by atoms with E-state index in [-0.39, 0.29) is 21.6 Å². The molecule has 19 heavy (non-hydrogen) atoms. The fraction of sp³-hybridized carbons (Fsp3) is 0.500. The molecule has 2 bridgehead atoms. The summed E-state index contributed by atoms with van der Waals surface area (Å²) in [7, 11) is -0.900. The molecule has 1 aromatic rings. The van der Waals surface area contributed by atoms with E-state index in [2.05, 4.69) is 0 Å². The Morgan fingerprint density at radius 1 is 1.37 bits per heavy atom. The van der Waals surface area contributed by atoms with Crippen molar-refractivity contribution in [2.24, 2.45) is 0 Å². The Morgan fingerprint density at radius 3 is 2.58 bits per heavy atom. The van der Waals surface area contributed by atoms with Gasteiger partial charge in [-0.2, -0.15) is 5.26 Å². The van der Waals surface area contributed by atoms with Gasteiger partial charge < -0.3 is 5.11 Å². The van der Waals surface area contributed by atoms with Crippen LogP contribution < -0.4 is 0 Å². The predicted molar refractivity (Wildman–Crippen MR) is 69.2 cm³/mol. The minimum absolute atomic E-state index is 0.0473. The average Bonchev–Trinajstić information content (AvgIpc) is 2.63. The lowest BCUT2D eigenvalue weighted by molar-refractivity contribution is 0.0150. The molecule has 0 aromatic heterocycles. The first-order valence-corrected chi connectivity index (χ1v) is 7.63. The Balaban J connectivity index is 2.03. The molecule has 2 saturated heterocycles. The monoisotopic (exact) mass is 279 g/mol. The van der Waals surface area contributed by atoms with E-state index in [1.165, 1.54) is 12.1 Å². The summed E-state index contributed by atoms with van der Waals surface area (Å²) in [6.45, 7) is 0. The molecule has 3 nitrogen and oxygen atoms in total. The summed E-state index contributed by atoms with van der Waals surface area (Å²) >= 11 is 0. The summed E-state index contributed by atoms with van der Waals surface area (Å²) < 4.78 is 26.2. The molecule has 2 aliphatic heterocycles. The number of benzene rings is 1. The van der Waals surface area contributed by atoms with Crippen LogP contribution in [0.25, 0.3) is 0 Å². The molecule has 0 aliphatic carbocycles. The largest absolute Gasteiger partial charge is 0.385 e. The van der Waals surface area contributed by atoms with E-state index in [0.717, 1.165) is 12.8 Å². The fourth-order valence-corrected chi connectivity index (χ4v) is 5.44. The number of hydrogen-bond donors (Lipinski definition) is 1. The Kier molecular flexibility index (Phi) is 2.95. The van der Waals surface area contributed by atoms with Gasteiger partial charge in [-0.25, -0.2) is 4.39 Å². The second-order valence-electron chi connectivity index (χ2n) is 5.37. The first-order valence-electron chi connectivity index (χ1n) is 6.36. The predicted octanol–water partition coefficient (Wildman–Crippen LogP) is 1.96. The van der Waals surface area contributed by atoms with Gasteiger partial charge in [0.2, 0.25) is 0 Å². The molecule has 3 rings (SSSR count). The highest BCUT2D eigenvalue weighted by Crippen LogP contribution is 2.46. The molecule has 2 heterocycles. The Labute approximate surface area is 113 Å². The highest BCUT2D eigenvalue weighted by molar-refractivity contribution is 7.86. The third-order valence-corrected chi connectivity index (χ3v) is 6.34. The molecule has 1 N–H and O–H groups in total. The van der Waals surface area contributed by atoms with Crippen molar-refractivity contribution in [2.75, 3.05) is 0 Å². The standard InChI is InChI=1S/C14H14FNO2S/c15-13-9(8-16)2-1-3-12(13)14(17)6-10-4-5-11(7-14)19(10)18/h1-3,10-11,17H,4-7H2. The maximum atomic E-state index is 14.2. The summed E-state index contributed by atoms with van der Waals surface area (Å²) in [6.07, 6.45) is 2.31. The molecule has 0 radical (unpaired) electrons. The van der Waals surface area contributed by atoms with Crippen LogP contribution in [0.1, 0.15) is 36.8 Å². The molecule has 0 amide bonds. The van der Waals surface area contributed by atoms with E-state index in [9.17, 15) is 13.7 Å². The van der Waals surface area contributed by atoms with Gasteiger partial charge in [0.05, 0.1) is 11.2 Å². The van der Waals surface area contributed by atoms with E-state index in [1.54, 1.807) is 12.1 Å². The lowest BCUT2D eigenvalue weighted by Gasteiger charge is -2.36. The number of nitriles is 1. The summed E-state index contributed by atoms with van der Waals surface area (Å²) in [5.74, 6) is -0.639. The Morgan fingerprint density at radius 2 is 2.00 bits per heavy atom. The van der Waals surface area contributed by atoms with Crippen LogP contribution in [-0.2, 0) is 16.4 Å². The number of hydrogen-bond acceptors (Lipinski definition) is 3. The summed E-state index contributed by atoms with van der Waals surface area (Å²) in [4.78, 5) is 0. The molecule has 2 fully saturated rings. The summed E-state index contributed by atoms with van der Waals surface area (Å²) in [6, 6.07) is 6.31. The van der Waals surface area contributed by atoms with Crippen LogP contribution >= 0.6 is 0 Å². The van der Waals surface area contributed by atoms with Gasteiger partial charge in [0.15, 0.2) is 0 Å². The van der Waals surface area contributed by atoms with E-state index < -0.39 is 22.2 Å². The lowest BCUT2D eigenvalue weighted by Crippen LogP contribution is -2.41. The van der Waals surface area contributed by atoms with Gasteiger partial charge in [-0.15, -0.1) is 0 Å². The zero-order chi connectivity index (χ0) is 13.6. The van der Waals surface area contributed by atoms with E-state index >= 15 is 0 Å². The zero-order valence-electron chi connectivity index (χ0n) is 10.3. The van der Waals surface area contributed by atoms with Crippen molar-refractivity contribution in [1.82, 2.24) is 0 Å². The van der Waals surface area contributed by atoms with Crippen molar-refractivity contribution >= 4 is 10.8 Å². The van der Waals surface area contributed by atoms with Crippen LogP contribution in [0.2, 0.25) is 0 Å². The van der Waals surface area contributed by atoms with E-state index in [0.29, 0.717) is 12.8 Å². The smallest absolute Gasteiger partial charge is 0.147 e. The molecular formula is C14H14FNO2S. The third kappa shape index (κ3) is 1.90. The van der Waals surface area contributed by atoms with Crippen molar-refractivity contribution < 1.29 is 13.7 Å². The Bertz CT molecular complexity index is 580. The summed E-state index contributed by atoms with van der Waals surface area (Å²) in [5.41, 5.74) is -1.15. The van der Waals surface area contributed by atoms with Crippen molar-refractivity contribution in [2.45, 2.75) is 41.8 Å². The molecule has 0 saturated carbocycles. The van der Waals surface area contributed by atoms with Crippen LogP contribution in [0.4, 0.5) is 4.39 Å². The van der Waals surface area contributed by atoms with Gasteiger partial charge in [0.25, 0.3) is 0 Å². The first kappa shape index (κ1) is 12.8. The second-order valence-corrected chi connectivity index (χ2v) is 7.36. The molecule has 0 spiro atoms.